The zero-order valence-corrected chi connectivity index (χ0v) is 7.31. The SMILES string of the molecule is O=[As](O)(O)c1cccc(F)c1. The molecule has 0 aromatic heterocycles. The Labute approximate surface area is 65.5 Å². The van der Waals surface area contributed by atoms with Gasteiger partial charge < -0.3 is 0 Å². The van der Waals surface area contributed by atoms with E-state index in [9.17, 15) is 8.13 Å². The fourth-order valence-electron chi connectivity index (χ4n) is 0.657. The van der Waals surface area contributed by atoms with Gasteiger partial charge in [0.05, 0.1) is 0 Å². The zero-order chi connectivity index (χ0) is 8.48. The Morgan fingerprint density at radius 1 is 1.36 bits per heavy atom. The molecule has 5 heteroatoms. The first kappa shape index (κ1) is 8.52. The molecule has 0 fully saturated rings. The molecule has 0 aliphatic rings. The first-order valence-corrected chi connectivity index (χ1v) is 6.20. The van der Waals surface area contributed by atoms with Crippen LogP contribution < -0.4 is 4.35 Å². The molecule has 0 spiro atoms. The van der Waals surface area contributed by atoms with Crippen LogP contribution >= 0.6 is 0 Å². The Hall–Kier alpha value is -0.572. The van der Waals surface area contributed by atoms with Crippen LogP contribution in [0.2, 0.25) is 0 Å². The molecule has 0 unspecified atom stereocenters. The van der Waals surface area contributed by atoms with Crippen molar-refractivity contribution in [2.45, 2.75) is 0 Å². The average Bonchev–Trinajstić information content (AvgIpc) is 1.86. The van der Waals surface area contributed by atoms with Crippen molar-refractivity contribution >= 4 is 18.5 Å². The van der Waals surface area contributed by atoms with Gasteiger partial charge in [-0.05, 0) is 0 Å². The summed E-state index contributed by atoms with van der Waals surface area (Å²) >= 11 is -4.87. The Kier molecular flexibility index (Phi) is 2.18. The average molecular weight is 220 g/mol. The van der Waals surface area contributed by atoms with Crippen LogP contribution in [0.4, 0.5) is 4.39 Å². The molecule has 1 aromatic carbocycles. The van der Waals surface area contributed by atoms with Gasteiger partial charge in [0.25, 0.3) is 0 Å². The van der Waals surface area contributed by atoms with E-state index in [0.717, 1.165) is 12.1 Å². The van der Waals surface area contributed by atoms with Gasteiger partial charge in [-0.2, -0.15) is 0 Å². The van der Waals surface area contributed by atoms with Crippen molar-refractivity contribution in [3.63, 3.8) is 0 Å². The molecule has 11 heavy (non-hydrogen) atoms. The van der Waals surface area contributed by atoms with E-state index >= 15 is 0 Å². The van der Waals surface area contributed by atoms with E-state index in [0.29, 0.717) is 0 Å². The van der Waals surface area contributed by atoms with Crippen LogP contribution in [0, 0.1) is 5.82 Å². The van der Waals surface area contributed by atoms with Crippen molar-refractivity contribution < 1.29 is 16.3 Å². The molecule has 1 aromatic rings. The zero-order valence-electron chi connectivity index (χ0n) is 5.44. The summed E-state index contributed by atoms with van der Waals surface area (Å²) in [6.45, 7) is 0. The summed E-state index contributed by atoms with van der Waals surface area (Å²) in [6.07, 6.45) is 0. The minimum atomic E-state index is -4.87. The van der Waals surface area contributed by atoms with Crippen molar-refractivity contribution in [3.8, 4) is 0 Å². The maximum atomic E-state index is 12.4. The topological polar surface area (TPSA) is 57.5 Å². The van der Waals surface area contributed by atoms with Gasteiger partial charge in [-0.15, -0.1) is 0 Å². The molecule has 0 aliphatic carbocycles. The summed E-state index contributed by atoms with van der Waals surface area (Å²) in [5.41, 5.74) is 0. The van der Waals surface area contributed by atoms with Crippen molar-refractivity contribution in [2.24, 2.45) is 0 Å². The molecule has 0 saturated carbocycles. The number of halogens is 1. The molecule has 0 bridgehead atoms. The number of hydrogen-bond donors (Lipinski definition) is 2. The number of rotatable bonds is 1. The molecule has 0 saturated heterocycles. The van der Waals surface area contributed by atoms with E-state index in [1.807, 2.05) is 0 Å². The first-order chi connectivity index (χ1) is 5.00. The monoisotopic (exact) mass is 220 g/mol. The molecule has 2 N–H and O–H groups in total. The fraction of sp³-hybridized carbons (Fsp3) is 0. The van der Waals surface area contributed by atoms with E-state index < -0.39 is 20.0 Å². The molecular weight excluding hydrogens is 214 g/mol. The van der Waals surface area contributed by atoms with Crippen LogP contribution in [-0.2, 0) is 3.74 Å². The quantitative estimate of drug-likeness (QED) is 0.620. The van der Waals surface area contributed by atoms with Gasteiger partial charge in [-0.1, -0.05) is 0 Å². The van der Waals surface area contributed by atoms with Crippen molar-refractivity contribution in [3.05, 3.63) is 30.1 Å². The van der Waals surface area contributed by atoms with Crippen LogP contribution in [0.1, 0.15) is 0 Å². The van der Waals surface area contributed by atoms with E-state index in [1.54, 1.807) is 0 Å². The summed E-state index contributed by atoms with van der Waals surface area (Å²) in [4.78, 5) is 0. The standard InChI is InChI=1S/C6H6AsFO3/c8-6-3-1-2-5(4-6)7(9,10)11/h1-4H,(H2,9,10,11). The summed E-state index contributed by atoms with van der Waals surface area (Å²) < 4.78 is 39.9. The van der Waals surface area contributed by atoms with Crippen molar-refractivity contribution in [1.82, 2.24) is 0 Å². The third-order valence-corrected chi connectivity index (χ3v) is 3.14. The molecule has 3 nitrogen and oxygen atoms in total. The van der Waals surface area contributed by atoms with Gasteiger partial charge >= 0.3 is 64.9 Å². The van der Waals surface area contributed by atoms with Gasteiger partial charge in [-0.3, -0.25) is 0 Å². The second-order valence-electron chi connectivity index (χ2n) is 2.02. The molecular formula is C6H6AsFO3. The fourth-order valence-corrected chi connectivity index (χ4v) is 1.86. The summed E-state index contributed by atoms with van der Waals surface area (Å²) in [7, 11) is 0. The molecule has 0 amide bonds. The Balaban J connectivity index is 3.17. The Morgan fingerprint density at radius 2 is 2.00 bits per heavy atom. The van der Waals surface area contributed by atoms with Crippen LogP contribution in [0.5, 0.6) is 0 Å². The van der Waals surface area contributed by atoms with Crippen LogP contribution in [-0.4, -0.2) is 22.4 Å². The minimum absolute atomic E-state index is 0.233. The molecule has 0 atom stereocenters. The van der Waals surface area contributed by atoms with Gasteiger partial charge in [0.15, 0.2) is 0 Å². The molecule has 0 heterocycles. The van der Waals surface area contributed by atoms with Gasteiger partial charge in [0, 0.05) is 0 Å². The normalized spacial score (nSPS) is 11.5. The third-order valence-electron chi connectivity index (χ3n) is 1.14. The van der Waals surface area contributed by atoms with Crippen LogP contribution in [0.15, 0.2) is 24.3 Å². The van der Waals surface area contributed by atoms with Crippen molar-refractivity contribution in [1.29, 1.82) is 0 Å². The second-order valence-corrected chi connectivity index (χ2v) is 5.39. The summed E-state index contributed by atoms with van der Waals surface area (Å²) in [5, 5.41) is 0. The number of benzene rings is 1. The van der Waals surface area contributed by atoms with Crippen LogP contribution in [0.25, 0.3) is 0 Å². The second kappa shape index (κ2) is 2.81. The van der Waals surface area contributed by atoms with Crippen LogP contribution in [0.3, 0.4) is 0 Å². The summed E-state index contributed by atoms with van der Waals surface area (Å²) in [5.74, 6) is -0.632. The molecule has 1 rings (SSSR count). The predicted molar refractivity (Wildman–Crippen MR) is 36.9 cm³/mol. The Morgan fingerprint density at radius 3 is 2.36 bits per heavy atom. The van der Waals surface area contributed by atoms with Gasteiger partial charge in [0.2, 0.25) is 0 Å². The predicted octanol–water partition coefficient (Wildman–Crippen LogP) is -0.613. The third kappa shape index (κ3) is 2.19. The number of hydrogen-bond acceptors (Lipinski definition) is 1. The Bertz CT molecular complexity index is 306. The summed E-state index contributed by atoms with van der Waals surface area (Å²) in [6, 6.07) is 4.46. The van der Waals surface area contributed by atoms with Gasteiger partial charge in [-0.25, -0.2) is 0 Å². The van der Waals surface area contributed by atoms with E-state index in [2.05, 4.69) is 0 Å². The van der Waals surface area contributed by atoms with E-state index in [4.69, 9.17) is 8.19 Å². The van der Waals surface area contributed by atoms with Crippen molar-refractivity contribution in [2.75, 3.05) is 0 Å². The molecule has 60 valence electrons. The first-order valence-electron chi connectivity index (χ1n) is 2.82. The molecule has 0 aliphatic heterocycles. The maximum absolute atomic E-state index is 12.4. The van der Waals surface area contributed by atoms with Gasteiger partial charge in [0.1, 0.15) is 0 Å². The van der Waals surface area contributed by atoms with E-state index in [-0.39, 0.29) is 4.35 Å². The van der Waals surface area contributed by atoms with E-state index in [1.165, 1.54) is 12.1 Å². The molecule has 0 radical (unpaired) electrons.